The van der Waals surface area contributed by atoms with Crippen LogP contribution in [0.25, 0.3) is 0 Å². The molecular formula is C22H34N4O4. The Morgan fingerprint density at radius 2 is 1.13 bits per heavy atom. The summed E-state index contributed by atoms with van der Waals surface area (Å²) in [7, 11) is 8.58. The fourth-order valence-electron chi connectivity index (χ4n) is 3.16. The first-order valence-electron chi connectivity index (χ1n) is 10.1. The number of nitrogens with zero attached hydrogens (tertiary/aromatic N) is 4. The molecule has 0 bridgehead atoms. The van der Waals surface area contributed by atoms with E-state index < -0.39 is 11.9 Å². The second kappa shape index (κ2) is 11.9. The molecule has 1 aromatic rings. The molecule has 2 aliphatic rings. The molecule has 0 unspecified atom stereocenters. The number of hydrogen-bond acceptors (Lipinski definition) is 6. The highest BCUT2D eigenvalue weighted by atomic mass is 16.4. The van der Waals surface area contributed by atoms with Crippen LogP contribution in [-0.2, 0) is 0 Å². The third-order valence-electron chi connectivity index (χ3n) is 5.55. The summed E-state index contributed by atoms with van der Waals surface area (Å²) in [6.07, 6.45) is 2.59. The molecule has 3 rings (SSSR count). The number of amidine groups is 2. The number of aromatic carboxylic acids is 2. The average molecular weight is 419 g/mol. The van der Waals surface area contributed by atoms with Gasteiger partial charge in [0.1, 0.15) is 0 Å². The summed E-state index contributed by atoms with van der Waals surface area (Å²) in [6.45, 7) is 9.21. The van der Waals surface area contributed by atoms with Crippen LogP contribution < -0.4 is 10.2 Å². The van der Waals surface area contributed by atoms with E-state index in [2.05, 4.69) is 61.0 Å². The molecule has 30 heavy (non-hydrogen) atoms. The quantitative estimate of drug-likeness (QED) is 0.583. The van der Waals surface area contributed by atoms with E-state index in [1.807, 2.05) is 0 Å². The number of carboxylic acid groups (broad SMARTS) is 2. The molecular weight excluding hydrogens is 384 g/mol. The summed E-state index contributed by atoms with van der Waals surface area (Å²) in [4.78, 5) is 25.2. The van der Waals surface area contributed by atoms with Crippen molar-refractivity contribution in [3.05, 3.63) is 35.4 Å². The molecule has 2 aliphatic heterocycles. The maximum Gasteiger partial charge on any atom is 0.243 e. The van der Waals surface area contributed by atoms with E-state index in [4.69, 9.17) is 0 Å². The minimum atomic E-state index is -1.52. The molecule has 166 valence electrons. The zero-order chi connectivity index (χ0) is 22.8. The van der Waals surface area contributed by atoms with Gasteiger partial charge in [-0.15, -0.1) is 0 Å². The molecule has 1 aromatic carbocycles. The lowest BCUT2D eigenvalue weighted by atomic mass is 10.1. The Bertz CT molecular complexity index is 750. The van der Waals surface area contributed by atoms with Gasteiger partial charge in [0.25, 0.3) is 0 Å². The average Bonchev–Trinajstić information content (AvgIpc) is 2.71. The van der Waals surface area contributed by atoms with Crippen molar-refractivity contribution in [3.63, 3.8) is 0 Å². The van der Waals surface area contributed by atoms with E-state index >= 15 is 0 Å². The highest BCUT2D eigenvalue weighted by Crippen LogP contribution is 2.05. The number of benzene rings is 1. The van der Waals surface area contributed by atoms with Gasteiger partial charge in [0.05, 0.1) is 66.3 Å². The number of carbonyl (C=O) groups is 2. The monoisotopic (exact) mass is 418 g/mol. The van der Waals surface area contributed by atoms with Gasteiger partial charge in [-0.05, 0) is 0 Å². The molecule has 2 heterocycles. The van der Waals surface area contributed by atoms with E-state index in [0.29, 0.717) is 0 Å². The van der Waals surface area contributed by atoms with E-state index in [1.165, 1.54) is 62.8 Å². The van der Waals surface area contributed by atoms with Crippen molar-refractivity contribution in [2.45, 2.75) is 26.7 Å². The molecule has 0 saturated heterocycles. The minimum Gasteiger partial charge on any atom is -0.545 e. The highest BCUT2D eigenvalue weighted by molar-refractivity contribution is 5.99. The van der Waals surface area contributed by atoms with Crippen molar-refractivity contribution in [2.75, 3.05) is 54.4 Å². The van der Waals surface area contributed by atoms with Crippen LogP contribution in [0.2, 0.25) is 0 Å². The molecule has 8 heteroatoms. The Morgan fingerprint density at radius 3 is 1.37 bits per heavy atom. The van der Waals surface area contributed by atoms with Gasteiger partial charge >= 0.3 is 0 Å². The van der Waals surface area contributed by atoms with Crippen LogP contribution in [0.3, 0.4) is 0 Å². The molecule has 0 atom stereocenters. The van der Waals surface area contributed by atoms with Gasteiger partial charge in [0.15, 0.2) is 0 Å². The maximum absolute atomic E-state index is 10.3. The van der Waals surface area contributed by atoms with Crippen LogP contribution in [0.15, 0.2) is 24.3 Å². The van der Waals surface area contributed by atoms with Gasteiger partial charge in [0.2, 0.25) is 11.7 Å². The molecule has 8 nitrogen and oxygen atoms in total. The van der Waals surface area contributed by atoms with Crippen molar-refractivity contribution in [2.24, 2.45) is 0 Å². The molecule has 0 fully saturated rings. The lowest BCUT2D eigenvalue weighted by molar-refractivity contribution is -0.508. The zero-order valence-electron chi connectivity index (χ0n) is 19.0. The Labute approximate surface area is 179 Å². The van der Waals surface area contributed by atoms with Crippen molar-refractivity contribution in [3.8, 4) is 0 Å². The van der Waals surface area contributed by atoms with Crippen LogP contribution in [0.4, 0.5) is 0 Å². The number of rotatable bonds is 2. The molecule has 0 N–H and O–H groups in total. The molecule has 0 amide bonds. The smallest absolute Gasteiger partial charge is 0.243 e. The topological polar surface area (TPSA) is 92.8 Å². The number of carbonyl (C=O) groups excluding carboxylic acids is 2. The molecule has 0 saturated carbocycles. The standard InChI is InChI=1S/C8H6O4.2C7H15N2/c9-7(10)5-3-1-2-4-6(5)8(11)12;2*1-7-8(2)5-4-6-9(7)3/h1-4H,(H,9,10)(H,11,12);2*4-6H2,1-3H3/q;2*+1/p-2. The minimum absolute atomic E-state index is 0.363. The largest absolute Gasteiger partial charge is 0.545 e. The second-order valence-electron chi connectivity index (χ2n) is 7.61. The van der Waals surface area contributed by atoms with Gasteiger partial charge in [-0.3, -0.25) is 19.0 Å². The highest BCUT2D eigenvalue weighted by Gasteiger charge is 2.16. The van der Waals surface area contributed by atoms with Crippen molar-refractivity contribution in [1.82, 2.24) is 9.80 Å². The number of carboxylic acids is 2. The summed E-state index contributed by atoms with van der Waals surface area (Å²) < 4.78 is 4.59. The van der Waals surface area contributed by atoms with E-state index in [0.717, 1.165) is 12.1 Å². The first-order chi connectivity index (χ1) is 14.1. The lowest BCUT2D eigenvalue weighted by Gasteiger charge is -2.19. The lowest BCUT2D eigenvalue weighted by Crippen LogP contribution is -2.38. The maximum atomic E-state index is 10.3. The van der Waals surface area contributed by atoms with Crippen molar-refractivity contribution < 1.29 is 29.0 Å². The first-order valence-corrected chi connectivity index (χ1v) is 10.1. The zero-order valence-corrected chi connectivity index (χ0v) is 19.0. The van der Waals surface area contributed by atoms with Crippen LogP contribution in [0.1, 0.15) is 47.4 Å². The van der Waals surface area contributed by atoms with Crippen LogP contribution in [0, 0.1) is 0 Å². The Hall–Kier alpha value is -2.90. The second-order valence-corrected chi connectivity index (χ2v) is 7.61. The van der Waals surface area contributed by atoms with Crippen LogP contribution in [0.5, 0.6) is 0 Å². The number of hydrogen-bond donors (Lipinski definition) is 0. The fourth-order valence-corrected chi connectivity index (χ4v) is 3.16. The van der Waals surface area contributed by atoms with E-state index in [1.54, 1.807) is 0 Å². The third-order valence-corrected chi connectivity index (χ3v) is 5.55. The summed E-state index contributed by atoms with van der Waals surface area (Å²) >= 11 is 0. The van der Waals surface area contributed by atoms with Gasteiger partial charge in [-0.2, -0.15) is 0 Å². The van der Waals surface area contributed by atoms with Crippen LogP contribution in [-0.4, -0.2) is 96.9 Å². The van der Waals surface area contributed by atoms with Crippen LogP contribution >= 0.6 is 0 Å². The van der Waals surface area contributed by atoms with Gasteiger partial charge < -0.3 is 19.8 Å². The van der Waals surface area contributed by atoms with Gasteiger partial charge in [-0.1, -0.05) is 24.3 Å². The van der Waals surface area contributed by atoms with E-state index in [-0.39, 0.29) is 11.1 Å². The van der Waals surface area contributed by atoms with Crippen molar-refractivity contribution in [1.29, 1.82) is 0 Å². The summed E-state index contributed by atoms with van der Waals surface area (Å²) in [6, 6.07) is 5.14. The molecule has 0 spiro atoms. The molecule has 0 aromatic heterocycles. The predicted octanol–water partition coefficient (Wildman–Crippen LogP) is -0.821. The van der Waals surface area contributed by atoms with E-state index in [9.17, 15) is 19.8 Å². The normalized spacial score (nSPS) is 16.3. The van der Waals surface area contributed by atoms with Gasteiger partial charge in [0, 0.05) is 37.8 Å². The molecule has 0 aliphatic carbocycles. The summed E-state index contributed by atoms with van der Waals surface area (Å²) in [5.74, 6) is -0.257. The predicted molar refractivity (Wildman–Crippen MR) is 113 cm³/mol. The van der Waals surface area contributed by atoms with Crippen molar-refractivity contribution >= 4 is 23.6 Å². The summed E-state index contributed by atoms with van der Waals surface area (Å²) in [5, 5.41) is 20.6. The first kappa shape index (κ1) is 25.1. The summed E-state index contributed by atoms with van der Waals surface area (Å²) in [5.41, 5.74) is -0.727. The third kappa shape index (κ3) is 7.50. The Kier molecular flexibility index (Phi) is 10.0. The van der Waals surface area contributed by atoms with Gasteiger partial charge in [-0.25, -0.2) is 0 Å². The molecule has 0 radical (unpaired) electrons. The Balaban J connectivity index is 0.000000229. The fraction of sp³-hybridized carbons (Fsp3) is 0.545. The SMILES string of the molecule is CC1=[N+](C)CCCN1C.CC1=[N+](C)CCCN1C.O=C([O-])c1ccccc1C(=O)[O-]. The Morgan fingerprint density at radius 1 is 0.800 bits per heavy atom.